The molecule has 17 heteroatoms. The van der Waals surface area contributed by atoms with Gasteiger partial charge in [0.05, 0.1) is 36.0 Å². The van der Waals surface area contributed by atoms with Crippen molar-refractivity contribution in [1.82, 2.24) is 25.4 Å². The molecule has 0 unspecified atom stereocenters. The molecule has 2 fully saturated rings. The largest absolute Gasteiger partial charge is 0.459 e. The van der Waals surface area contributed by atoms with Crippen molar-refractivity contribution in [3.05, 3.63) is 96.7 Å². The molecule has 1 amide bonds. The topological polar surface area (TPSA) is 204 Å². The molecule has 4 aromatic rings. The Kier molecular flexibility index (Phi) is 21.4. The Morgan fingerprint density at radius 3 is 2.08 bits per heavy atom. The maximum atomic E-state index is 14.0. The lowest BCUT2D eigenvalue weighted by Crippen LogP contribution is -2.68. The van der Waals surface area contributed by atoms with Gasteiger partial charge in [0.15, 0.2) is 6.29 Å². The van der Waals surface area contributed by atoms with Gasteiger partial charge in [-0.15, -0.1) is 5.10 Å². The third kappa shape index (κ3) is 14.2. The average Bonchev–Trinajstić information content (AvgIpc) is 3.96. The van der Waals surface area contributed by atoms with E-state index in [1.165, 1.54) is 6.92 Å². The first kappa shape index (κ1) is 62.5. The number of esters is 1. The van der Waals surface area contributed by atoms with Crippen LogP contribution in [0.5, 0.6) is 0 Å². The zero-order valence-electron chi connectivity index (χ0n) is 48.8. The number of nitrogens with one attached hydrogen (secondary N) is 1. The van der Waals surface area contributed by atoms with Gasteiger partial charge in [0, 0.05) is 50.1 Å². The van der Waals surface area contributed by atoms with Crippen LogP contribution in [-0.4, -0.2) is 129 Å². The van der Waals surface area contributed by atoms with Gasteiger partial charge in [-0.2, -0.15) is 0 Å². The van der Waals surface area contributed by atoms with Crippen LogP contribution in [0.25, 0.3) is 11.3 Å². The zero-order valence-corrected chi connectivity index (χ0v) is 49.8. The van der Waals surface area contributed by atoms with Crippen LogP contribution in [0.4, 0.5) is 0 Å². The minimum Gasteiger partial charge on any atom is -0.459 e. The van der Waals surface area contributed by atoms with E-state index in [-0.39, 0.29) is 53.6 Å². The Morgan fingerprint density at radius 2 is 1.50 bits per heavy atom. The van der Waals surface area contributed by atoms with Crippen LogP contribution in [0.2, 0.25) is 5.04 Å². The summed E-state index contributed by atoms with van der Waals surface area (Å²) in [6.07, 6.45) is -0.155. The number of hydrogen-bond donors (Lipinski definition) is 4. The lowest BCUT2D eigenvalue weighted by Gasteiger charge is -2.48. The first-order chi connectivity index (χ1) is 36.8. The number of methoxy groups -OCH3 is 1. The Bertz CT molecular complexity index is 2500. The average molecular weight is 1100 g/mol. The highest BCUT2D eigenvalue weighted by Gasteiger charge is 2.53. The number of ether oxygens (including phenoxy) is 4. The monoisotopic (exact) mass is 1100 g/mol. The van der Waals surface area contributed by atoms with Gasteiger partial charge in [0.2, 0.25) is 5.91 Å². The fraction of sp³-hybridized carbons (Fsp3) is 0.623. The van der Waals surface area contributed by atoms with Crippen molar-refractivity contribution in [3.8, 4) is 11.3 Å². The number of ketones is 1. The van der Waals surface area contributed by atoms with E-state index in [1.54, 1.807) is 34.8 Å². The number of benzene rings is 3. The molecule has 4 N–H and O–H groups in total. The van der Waals surface area contributed by atoms with Crippen LogP contribution >= 0.6 is 0 Å². The summed E-state index contributed by atoms with van der Waals surface area (Å²) in [5, 5.41) is 45.9. The smallest absolute Gasteiger partial charge is 0.309 e. The number of cyclic esters (lactones) is 1. The van der Waals surface area contributed by atoms with E-state index in [9.17, 15) is 29.7 Å². The second-order valence-electron chi connectivity index (χ2n) is 24.1. The highest BCUT2D eigenvalue weighted by atomic mass is 28.4. The molecule has 2 aliphatic heterocycles. The lowest BCUT2D eigenvalue weighted by atomic mass is 9.72. The van der Waals surface area contributed by atoms with Crippen molar-refractivity contribution in [2.75, 3.05) is 14.2 Å². The summed E-state index contributed by atoms with van der Waals surface area (Å²) in [7, 11) is 0.641. The van der Waals surface area contributed by atoms with Crippen molar-refractivity contribution in [2.24, 2.45) is 29.6 Å². The summed E-state index contributed by atoms with van der Waals surface area (Å²) in [6, 6.07) is 28.3. The van der Waals surface area contributed by atoms with Crippen molar-refractivity contribution < 1.29 is 53.2 Å². The molecule has 3 aromatic carbocycles. The lowest BCUT2D eigenvalue weighted by molar-refractivity contribution is -0.300. The molecular formula is C61H91N5O11Si. The molecule has 2 saturated heterocycles. The molecular weight excluding hydrogens is 1010 g/mol. The zero-order chi connectivity index (χ0) is 57.3. The number of aryl methyl sites for hydroxylation is 1. The third-order valence-corrected chi connectivity index (χ3v) is 22.1. The van der Waals surface area contributed by atoms with Crippen LogP contribution in [-0.2, 0) is 50.9 Å². The summed E-state index contributed by atoms with van der Waals surface area (Å²) in [5.74, 6) is -3.97. The van der Waals surface area contributed by atoms with Gasteiger partial charge in [0.25, 0.3) is 8.32 Å². The fourth-order valence-electron chi connectivity index (χ4n) is 12.0. The van der Waals surface area contributed by atoms with Crippen molar-refractivity contribution in [1.29, 1.82) is 0 Å². The van der Waals surface area contributed by atoms with Gasteiger partial charge in [-0.3, -0.25) is 24.0 Å². The van der Waals surface area contributed by atoms with Crippen LogP contribution in [0.15, 0.2) is 91.1 Å². The van der Waals surface area contributed by atoms with Crippen LogP contribution in [0.1, 0.15) is 134 Å². The fourth-order valence-corrected chi connectivity index (χ4v) is 16.2. The number of amides is 1. The summed E-state index contributed by atoms with van der Waals surface area (Å²) in [6.45, 7) is 23.8. The third-order valence-electron chi connectivity index (χ3n) is 17.2. The number of unbranched alkanes of at least 4 members (excludes halogenated alkanes) is 2. The summed E-state index contributed by atoms with van der Waals surface area (Å²) in [5.41, 5.74) is 2.58. The normalized spacial score (nSPS) is 30.9. The molecule has 0 spiro atoms. The van der Waals surface area contributed by atoms with Gasteiger partial charge in [-0.25, -0.2) is 5.48 Å². The molecule has 16 nitrogen and oxygen atoms in total. The van der Waals surface area contributed by atoms with Crippen LogP contribution in [0, 0.1) is 29.6 Å². The molecule has 6 rings (SSSR count). The minimum absolute atomic E-state index is 0.136. The van der Waals surface area contributed by atoms with Crippen LogP contribution in [0.3, 0.4) is 0 Å². The maximum absolute atomic E-state index is 14.0. The number of carbonyl (C=O) groups excluding carboxylic acids is 3. The second-order valence-corrected chi connectivity index (χ2v) is 28.3. The maximum Gasteiger partial charge on any atom is 0.309 e. The number of Topliss-reactive ketones (excluding diaryl/α,β-unsaturated/α-hetero) is 1. The number of carbonyl (C=O) groups is 3. The van der Waals surface area contributed by atoms with Gasteiger partial charge >= 0.3 is 5.97 Å². The number of hydrogen-bond acceptors (Lipinski definition) is 14. The van der Waals surface area contributed by atoms with E-state index in [1.807, 2.05) is 94.2 Å². The van der Waals surface area contributed by atoms with E-state index in [0.717, 1.165) is 40.0 Å². The Labute approximate surface area is 465 Å². The predicted molar refractivity (Wildman–Crippen MR) is 304 cm³/mol. The molecule has 0 saturated carbocycles. The highest BCUT2D eigenvalue weighted by Crippen LogP contribution is 2.41. The molecule has 430 valence electrons. The second kappa shape index (κ2) is 26.7. The van der Waals surface area contributed by atoms with E-state index < -0.39 is 73.9 Å². The highest BCUT2D eigenvalue weighted by molar-refractivity contribution is 6.99. The molecule has 1 aromatic heterocycles. The van der Waals surface area contributed by atoms with E-state index >= 15 is 0 Å². The van der Waals surface area contributed by atoms with Crippen LogP contribution < -0.4 is 15.9 Å². The molecule has 78 heavy (non-hydrogen) atoms. The Balaban J connectivity index is 1.05. The molecule has 0 bridgehead atoms. The van der Waals surface area contributed by atoms with Gasteiger partial charge in [-0.05, 0) is 92.7 Å². The number of likely N-dealkylation sites (N-methyl/N-ethyl adjacent to an activating group) is 1. The van der Waals surface area contributed by atoms with Gasteiger partial charge in [-0.1, -0.05) is 159 Å². The van der Waals surface area contributed by atoms with E-state index in [0.29, 0.717) is 32.4 Å². The first-order valence-corrected chi connectivity index (χ1v) is 30.2. The number of hydroxylamine groups is 1. The molecule has 3 heterocycles. The number of rotatable bonds is 18. The number of nitrogens with zero attached hydrogens (tertiary/aromatic N) is 4. The van der Waals surface area contributed by atoms with Gasteiger partial charge < -0.3 is 38.8 Å². The molecule has 0 aliphatic carbocycles. The van der Waals surface area contributed by atoms with Gasteiger partial charge in [0.1, 0.15) is 29.3 Å². The van der Waals surface area contributed by atoms with E-state index in [2.05, 4.69) is 77.9 Å². The Morgan fingerprint density at radius 1 is 0.885 bits per heavy atom. The number of aliphatic hydroxyl groups excluding tert-OH is 2. The quantitative estimate of drug-likeness (QED) is 0.0325. The number of aliphatic hydroxyl groups is 3. The van der Waals surface area contributed by atoms with E-state index in [4.69, 9.17) is 23.5 Å². The summed E-state index contributed by atoms with van der Waals surface area (Å²) >= 11 is 0. The summed E-state index contributed by atoms with van der Waals surface area (Å²) in [4.78, 5) is 43.2. The molecule has 2 aliphatic rings. The standard InChI is InChI=1S/C61H91N5O11Si/c1-15-51-61(12,72)55(70)44(7)53(68)39(2)36-60(11,73-14)56(42(5)41(4)43(6)57(71)75-51)76-58-54(69)50(35-40(3)74-58)65(13)37-45-30-32-46(33-31-45)49-38-66(64-62-49)34-24-18-23-29-52(67)63-77-78(59(8,9)10,47-25-19-16-20-26-47)48-27-21-17-22-28-48/h16-17,19-22,25-28,30-33,38-44,50-51,54-56,58,69-70,72H,15,18,23-24,29,34-37H2,1-14H3,(H,63,67)/t39-,40-,41-,42+,43-,44+,50+,51-,54+,55-,56+,58+,60-,61-/m1/s1. The predicted octanol–water partition coefficient (Wildman–Crippen LogP) is 7.79. The molecule has 0 radical (unpaired) electrons. The minimum atomic E-state index is -2.90. The van der Waals surface area contributed by atoms with Crippen molar-refractivity contribution in [3.63, 3.8) is 0 Å². The Hall–Kier alpha value is -4.69. The molecule has 14 atom stereocenters. The first-order valence-electron chi connectivity index (χ1n) is 28.3. The summed E-state index contributed by atoms with van der Waals surface area (Å²) < 4.78 is 34.0. The SMILES string of the molecule is CC[C@H]1OC(=O)[C@H](C)[C@H](C)[C@H](C)[C@H](O[C@@H]2O[C@H](C)C[C@H](N(C)Cc3ccc(-c4cn(CCCCCC(=O)NO[Si](c5ccccc5)(c5ccccc5)C(C)(C)C)nn4)cc3)[C@@H]2O)[C@](C)(OC)C[C@@H](C)C(=O)[C@H](C)[C@@H](O)[C@]1(C)O. The number of aromatic nitrogens is 3. The van der Waals surface area contributed by atoms with Crippen molar-refractivity contribution in [2.45, 2.75) is 200 Å². The van der Waals surface area contributed by atoms with Crippen molar-refractivity contribution >= 4 is 36.4 Å².